The summed E-state index contributed by atoms with van der Waals surface area (Å²) >= 11 is 0. The monoisotopic (exact) mass is 386 g/mol. The number of halogens is 1. The maximum absolute atomic E-state index is 4.03. The van der Waals surface area contributed by atoms with Gasteiger partial charge in [-0.2, -0.15) is 0 Å². The standard InChI is InChI=1S/C12H10.C11H8N4.ClH/c1-3-7-11(8-4-1)12-9-5-2-6-10-12;1-2-6-10-9(4-1)5-3-7-11(10)15-13-8-12-14-15;/h1-10H;1-8H;1H. The Bertz CT molecular complexity index is 1070. The van der Waals surface area contributed by atoms with Gasteiger partial charge in [0.15, 0.2) is 6.33 Å². The van der Waals surface area contributed by atoms with Gasteiger partial charge in [0.25, 0.3) is 0 Å². The van der Waals surface area contributed by atoms with Gasteiger partial charge in [0.2, 0.25) is 0 Å². The van der Waals surface area contributed by atoms with Gasteiger partial charge in [-0.3, -0.25) is 0 Å². The molecular formula is C23H19ClN4. The first-order chi connectivity index (χ1) is 13.4. The quantitative estimate of drug-likeness (QED) is 0.397. The molecule has 5 aromatic rings. The van der Waals surface area contributed by atoms with Crippen molar-refractivity contribution in [2.45, 2.75) is 0 Å². The van der Waals surface area contributed by atoms with Crippen LogP contribution in [0.25, 0.3) is 27.6 Å². The SMILES string of the molecule is Cl.c1ccc(-c2ccccc2)cc1.c1ccc2c(-n3ncnn3)cccc2c1. The highest BCUT2D eigenvalue weighted by atomic mass is 35.5. The third-order valence-electron chi connectivity index (χ3n) is 4.21. The lowest BCUT2D eigenvalue weighted by Gasteiger charge is -2.03. The number of tetrazole rings is 1. The van der Waals surface area contributed by atoms with Gasteiger partial charge < -0.3 is 0 Å². The highest BCUT2D eigenvalue weighted by Gasteiger charge is 2.03. The predicted octanol–water partition coefficient (Wildman–Crippen LogP) is 5.59. The molecule has 0 amide bonds. The van der Waals surface area contributed by atoms with Crippen molar-refractivity contribution in [2.24, 2.45) is 0 Å². The molecule has 0 saturated heterocycles. The topological polar surface area (TPSA) is 43.6 Å². The molecule has 0 atom stereocenters. The Balaban J connectivity index is 0.000000159. The molecular weight excluding hydrogens is 368 g/mol. The van der Waals surface area contributed by atoms with Crippen LogP contribution in [0, 0.1) is 0 Å². The molecule has 4 aromatic carbocycles. The third kappa shape index (κ3) is 4.42. The van der Waals surface area contributed by atoms with Crippen LogP contribution >= 0.6 is 12.4 Å². The normalized spacial score (nSPS) is 9.86. The molecule has 0 aliphatic heterocycles. The number of hydrogen-bond donors (Lipinski definition) is 0. The fourth-order valence-corrected chi connectivity index (χ4v) is 2.92. The van der Waals surface area contributed by atoms with Crippen LogP contribution in [0.5, 0.6) is 0 Å². The lowest BCUT2D eigenvalue weighted by atomic mass is 10.1. The number of hydrogen-bond acceptors (Lipinski definition) is 3. The molecule has 0 unspecified atom stereocenters. The highest BCUT2D eigenvalue weighted by molar-refractivity contribution is 5.89. The molecule has 0 fully saturated rings. The Hall–Kier alpha value is -3.50. The first kappa shape index (κ1) is 19.3. The second-order valence-corrected chi connectivity index (χ2v) is 5.96. The van der Waals surface area contributed by atoms with Crippen molar-refractivity contribution >= 4 is 23.2 Å². The Morgan fingerprint density at radius 1 is 0.571 bits per heavy atom. The van der Waals surface area contributed by atoms with Crippen molar-refractivity contribution in [3.63, 3.8) is 0 Å². The number of nitrogens with zero attached hydrogens (tertiary/aromatic N) is 4. The van der Waals surface area contributed by atoms with Crippen LogP contribution in [0.1, 0.15) is 0 Å². The van der Waals surface area contributed by atoms with Crippen molar-refractivity contribution in [1.29, 1.82) is 0 Å². The van der Waals surface area contributed by atoms with E-state index in [1.54, 1.807) is 0 Å². The van der Waals surface area contributed by atoms with Crippen LogP contribution in [0.4, 0.5) is 0 Å². The van der Waals surface area contributed by atoms with E-state index in [2.05, 4.69) is 76.1 Å². The summed E-state index contributed by atoms with van der Waals surface area (Å²) in [6, 6.07) is 34.9. The van der Waals surface area contributed by atoms with E-state index in [-0.39, 0.29) is 12.4 Å². The number of aromatic nitrogens is 4. The number of rotatable bonds is 2. The van der Waals surface area contributed by atoms with Crippen molar-refractivity contribution < 1.29 is 0 Å². The van der Waals surface area contributed by atoms with Gasteiger partial charge in [-0.15, -0.1) is 27.4 Å². The lowest BCUT2D eigenvalue weighted by molar-refractivity contribution is 0.724. The molecule has 0 aliphatic carbocycles. The van der Waals surface area contributed by atoms with Crippen LogP contribution in [-0.4, -0.2) is 20.2 Å². The van der Waals surface area contributed by atoms with Gasteiger partial charge >= 0.3 is 0 Å². The van der Waals surface area contributed by atoms with Gasteiger partial charge in [-0.05, 0) is 27.8 Å². The summed E-state index contributed by atoms with van der Waals surface area (Å²) in [5, 5.41) is 13.9. The van der Waals surface area contributed by atoms with Gasteiger partial charge in [-0.1, -0.05) is 97.1 Å². The zero-order chi connectivity index (χ0) is 18.3. The largest absolute Gasteiger partial charge is 0.162 e. The minimum Gasteiger partial charge on any atom is -0.147 e. The Morgan fingerprint density at radius 3 is 1.75 bits per heavy atom. The van der Waals surface area contributed by atoms with E-state index >= 15 is 0 Å². The van der Waals surface area contributed by atoms with Crippen LogP contribution in [0.2, 0.25) is 0 Å². The zero-order valence-electron chi connectivity index (χ0n) is 15.1. The van der Waals surface area contributed by atoms with Gasteiger partial charge in [0.1, 0.15) is 0 Å². The maximum atomic E-state index is 4.03. The summed E-state index contributed by atoms with van der Waals surface area (Å²) in [6.45, 7) is 0. The van der Waals surface area contributed by atoms with Crippen LogP contribution < -0.4 is 0 Å². The van der Waals surface area contributed by atoms with Gasteiger partial charge in [0, 0.05) is 5.39 Å². The fraction of sp³-hybridized carbons (Fsp3) is 0. The maximum Gasteiger partial charge on any atom is 0.162 e. The van der Waals surface area contributed by atoms with E-state index in [1.807, 2.05) is 42.5 Å². The summed E-state index contributed by atoms with van der Waals surface area (Å²) in [4.78, 5) is 1.53. The minimum absolute atomic E-state index is 0. The van der Waals surface area contributed by atoms with E-state index in [0.717, 1.165) is 11.1 Å². The van der Waals surface area contributed by atoms with E-state index < -0.39 is 0 Å². The molecule has 0 bridgehead atoms. The molecule has 138 valence electrons. The molecule has 0 radical (unpaired) electrons. The molecule has 0 spiro atoms. The van der Waals surface area contributed by atoms with E-state index in [9.17, 15) is 0 Å². The molecule has 1 heterocycles. The summed E-state index contributed by atoms with van der Waals surface area (Å²) in [6.07, 6.45) is 1.43. The average Bonchev–Trinajstić information content (AvgIpc) is 3.30. The average molecular weight is 387 g/mol. The summed E-state index contributed by atoms with van der Waals surface area (Å²) in [7, 11) is 0. The predicted molar refractivity (Wildman–Crippen MR) is 116 cm³/mol. The van der Waals surface area contributed by atoms with Crippen molar-refractivity contribution in [3.8, 4) is 16.8 Å². The second-order valence-electron chi connectivity index (χ2n) is 5.96. The lowest BCUT2D eigenvalue weighted by Crippen LogP contribution is -1.99. The van der Waals surface area contributed by atoms with Gasteiger partial charge in [0.05, 0.1) is 5.69 Å². The Labute approximate surface area is 169 Å². The molecule has 4 nitrogen and oxygen atoms in total. The third-order valence-corrected chi connectivity index (χ3v) is 4.21. The first-order valence-corrected chi connectivity index (χ1v) is 8.73. The fourth-order valence-electron chi connectivity index (χ4n) is 2.92. The van der Waals surface area contributed by atoms with Crippen molar-refractivity contribution in [3.05, 3.63) is 109 Å². The molecule has 0 N–H and O–H groups in total. The van der Waals surface area contributed by atoms with Crippen molar-refractivity contribution in [1.82, 2.24) is 20.2 Å². The van der Waals surface area contributed by atoms with Gasteiger partial charge in [-0.25, -0.2) is 0 Å². The first-order valence-electron chi connectivity index (χ1n) is 8.73. The Kier molecular flexibility index (Phi) is 6.50. The molecule has 1 aromatic heterocycles. The van der Waals surface area contributed by atoms with E-state index in [0.29, 0.717) is 0 Å². The molecule has 5 heteroatoms. The summed E-state index contributed by atoms with van der Waals surface area (Å²) < 4.78 is 0. The van der Waals surface area contributed by atoms with E-state index in [1.165, 1.54) is 27.6 Å². The molecule has 0 aliphatic rings. The summed E-state index contributed by atoms with van der Waals surface area (Å²) in [5.41, 5.74) is 3.50. The second kappa shape index (κ2) is 9.44. The van der Waals surface area contributed by atoms with Crippen LogP contribution in [-0.2, 0) is 0 Å². The molecule has 5 rings (SSSR count). The molecule has 0 saturated carbocycles. The van der Waals surface area contributed by atoms with E-state index in [4.69, 9.17) is 0 Å². The highest BCUT2D eigenvalue weighted by Crippen LogP contribution is 2.20. The van der Waals surface area contributed by atoms with Crippen LogP contribution in [0.15, 0.2) is 109 Å². The number of fused-ring (bicyclic) bond motifs is 1. The summed E-state index contributed by atoms with van der Waals surface area (Å²) in [5.74, 6) is 0. The smallest absolute Gasteiger partial charge is 0.147 e. The van der Waals surface area contributed by atoms with Crippen LogP contribution in [0.3, 0.4) is 0 Å². The zero-order valence-corrected chi connectivity index (χ0v) is 15.9. The number of benzene rings is 4. The van der Waals surface area contributed by atoms with Crippen molar-refractivity contribution in [2.75, 3.05) is 0 Å². The Morgan fingerprint density at radius 2 is 1.14 bits per heavy atom. The molecule has 28 heavy (non-hydrogen) atoms. The minimum atomic E-state index is 0.